The molecule has 0 spiro atoms. The zero-order valence-corrected chi connectivity index (χ0v) is 13.6. The maximum Gasteiger partial charge on any atom is 0.513 e. The van der Waals surface area contributed by atoms with Crippen molar-refractivity contribution in [2.45, 2.75) is 20.8 Å². The van der Waals surface area contributed by atoms with Crippen LogP contribution < -0.4 is 9.47 Å². The smallest absolute Gasteiger partial charge is 0.437 e. The summed E-state index contributed by atoms with van der Waals surface area (Å²) in [5, 5.41) is 1.33. The third-order valence-electron chi connectivity index (χ3n) is 3.29. The molecule has 0 fully saturated rings. The molecule has 0 aliphatic carbocycles. The molecule has 0 heterocycles. The van der Waals surface area contributed by atoms with E-state index in [-0.39, 0.29) is 0 Å². The van der Waals surface area contributed by atoms with Crippen LogP contribution in [-0.4, -0.2) is 19.2 Å². The summed E-state index contributed by atoms with van der Waals surface area (Å²) in [6, 6.07) is 7.20. The van der Waals surface area contributed by atoms with Gasteiger partial charge in [0.1, 0.15) is 11.5 Å². The van der Waals surface area contributed by atoms with Gasteiger partial charge in [-0.05, 0) is 38.5 Å². The van der Waals surface area contributed by atoms with Gasteiger partial charge in [0.15, 0.2) is 0 Å². The highest BCUT2D eigenvalue weighted by Crippen LogP contribution is 2.37. The Labute approximate surface area is 134 Å². The molecule has 5 nitrogen and oxygen atoms in total. The van der Waals surface area contributed by atoms with Gasteiger partial charge in [-0.3, -0.25) is 0 Å². The van der Waals surface area contributed by atoms with Gasteiger partial charge in [-0.25, -0.2) is 9.59 Å². The SMILES string of the molecule is C=C(C)C(=O)Oc1c(C)cc(OC(=O)OC)c2cc(C)ccc12. The van der Waals surface area contributed by atoms with Gasteiger partial charge in [0.2, 0.25) is 0 Å². The van der Waals surface area contributed by atoms with E-state index >= 15 is 0 Å². The molecule has 0 N–H and O–H groups in total. The fourth-order valence-corrected chi connectivity index (χ4v) is 2.14. The molecule has 23 heavy (non-hydrogen) atoms. The fraction of sp³-hybridized carbons (Fsp3) is 0.222. The number of fused-ring (bicyclic) bond motifs is 1. The van der Waals surface area contributed by atoms with Crippen molar-refractivity contribution in [3.63, 3.8) is 0 Å². The maximum atomic E-state index is 11.9. The van der Waals surface area contributed by atoms with E-state index in [2.05, 4.69) is 11.3 Å². The Morgan fingerprint density at radius 3 is 2.35 bits per heavy atom. The first kappa shape index (κ1) is 16.5. The molecule has 0 bridgehead atoms. The van der Waals surface area contributed by atoms with Crippen molar-refractivity contribution in [1.82, 2.24) is 0 Å². The minimum Gasteiger partial charge on any atom is -0.437 e. The molecule has 0 saturated carbocycles. The van der Waals surface area contributed by atoms with Crippen molar-refractivity contribution < 1.29 is 23.8 Å². The first-order valence-electron chi connectivity index (χ1n) is 7.01. The second-order valence-corrected chi connectivity index (χ2v) is 5.30. The van der Waals surface area contributed by atoms with E-state index in [0.717, 1.165) is 5.56 Å². The molecule has 2 rings (SSSR count). The highest BCUT2D eigenvalue weighted by atomic mass is 16.7. The lowest BCUT2D eigenvalue weighted by Gasteiger charge is -2.14. The van der Waals surface area contributed by atoms with Crippen molar-refractivity contribution in [3.8, 4) is 11.5 Å². The number of aryl methyl sites for hydroxylation is 2. The molecular formula is C18H18O5. The Hall–Kier alpha value is -2.82. The molecule has 120 valence electrons. The number of esters is 1. The Balaban J connectivity index is 2.64. The second-order valence-electron chi connectivity index (χ2n) is 5.30. The molecule has 0 atom stereocenters. The number of carbonyl (C=O) groups is 2. The number of hydrogen-bond acceptors (Lipinski definition) is 5. The van der Waals surface area contributed by atoms with E-state index < -0.39 is 12.1 Å². The van der Waals surface area contributed by atoms with Gasteiger partial charge >= 0.3 is 12.1 Å². The lowest BCUT2D eigenvalue weighted by atomic mass is 10.0. The molecule has 2 aromatic rings. The van der Waals surface area contributed by atoms with Crippen molar-refractivity contribution >= 4 is 22.9 Å². The summed E-state index contributed by atoms with van der Waals surface area (Å²) in [6.45, 7) is 8.85. The predicted molar refractivity (Wildman–Crippen MR) is 86.9 cm³/mol. The standard InChI is InChI=1S/C18H18O5/c1-10(2)17(19)23-16-12(4)9-15(22-18(20)21-5)14-8-11(3)6-7-13(14)16/h6-9H,1H2,2-5H3. The largest absolute Gasteiger partial charge is 0.513 e. The lowest BCUT2D eigenvalue weighted by molar-refractivity contribution is -0.130. The van der Waals surface area contributed by atoms with E-state index in [0.29, 0.717) is 33.4 Å². The molecule has 5 heteroatoms. The number of hydrogen-bond donors (Lipinski definition) is 0. The Morgan fingerprint density at radius 2 is 1.74 bits per heavy atom. The molecule has 0 aromatic heterocycles. The third-order valence-corrected chi connectivity index (χ3v) is 3.29. The molecule has 0 aliphatic heterocycles. The summed E-state index contributed by atoms with van der Waals surface area (Å²) in [6.07, 6.45) is -0.807. The van der Waals surface area contributed by atoms with Gasteiger partial charge in [-0.2, -0.15) is 0 Å². The van der Waals surface area contributed by atoms with Crippen LogP contribution in [0.1, 0.15) is 18.1 Å². The van der Waals surface area contributed by atoms with E-state index in [9.17, 15) is 9.59 Å². The van der Waals surface area contributed by atoms with Crippen molar-refractivity contribution in [1.29, 1.82) is 0 Å². The zero-order chi connectivity index (χ0) is 17.1. The van der Waals surface area contributed by atoms with E-state index in [1.807, 2.05) is 25.1 Å². The lowest BCUT2D eigenvalue weighted by Crippen LogP contribution is -2.11. The van der Waals surface area contributed by atoms with Crippen molar-refractivity contribution in [3.05, 3.63) is 47.5 Å². The summed E-state index contributed by atoms with van der Waals surface area (Å²) in [4.78, 5) is 23.3. The van der Waals surface area contributed by atoms with Gasteiger partial charge < -0.3 is 14.2 Å². The molecule has 0 amide bonds. The first-order chi connectivity index (χ1) is 10.8. The number of methoxy groups -OCH3 is 1. The highest BCUT2D eigenvalue weighted by molar-refractivity contribution is 5.99. The number of ether oxygens (including phenoxy) is 3. The van der Waals surface area contributed by atoms with Crippen LogP contribution in [0, 0.1) is 13.8 Å². The van der Waals surface area contributed by atoms with Gasteiger partial charge in [-0.1, -0.05) is 24.3 Å². The summed E-state index contributed by atoms with van der Waals surface area (Å²) < 4.78 is 15.2. The van der Waals surface area contributed by atoms with Crippen LogP contribution in [0.4, 0.5) is 4.79 Å². The van der Waals surface area contributed by atoms with Gasteiger partial charge in [0.25, 0.3) is 0 Å². The molecule has 2 aromatic carbocycles. The molecule has 0 radical (unpaired) electrons. The maximum absolute atomic E-state index is 11.9. The summed E-state index contributed by atoms with van der Waals surface area (Å²) in [5.74, 6) is 0.269. The van der Waals surface area contributed by atoms with Crippen LogP contribution >= 0.6 is 0 Å². The minimum absolute atomic E-state index is 0.305. The van der Waals surface area contributed by atoms with E-state index in [1.54, 1.807) is 19.9 Å². The molecule has 0 unspecified atom stereocenters. The normalized spacial score (nSPS) is 10.3. The van der Waals surface area contributed by atoms with Crippen molar-refractivity contribution in [2.24, 2.45) is 0 Å². The van der Waals surface area contributed by atoms with Gasteiger partial charge in [0, 0.05) is 16.3 Å². The molecule has 0 aliphatic rings. The number of rotatable bonds is 3. The topological polar surface area (TPSA) is 61.8 Å². The molecular weight excluding hydrogens is 296 g/mol. The summed E-state index contributed by atoms with van der Waals surface area (Å²) in [5.41, 5.74) is 1.95. The van der Waals surface area contributed by atoms with Crippen LogP contribution in [0.5, 0.6) is 11.5 Å². The van der Waals surface area contributed by atoms with E-state index in [1.165, 1.54) is 7.11 Å². The Kier molecular flexibility index (Phi) is 4.69. The van der Waals surface area contributed by atoms with Crippen molar-refractivity contribution in [2.75, 3.05) is 7.11 Å². The van der Waals surface area contributed by atoms with Crippen LogP contribution in [0.15, 0.2) is 36.4 Å². The average molecular weight is 314 g/mol. The third kappa shape index (κ3) is 3.51. The predicted octanol–water partition coefficient (Wildman–Crippen LogP) is 4.08. The monoisotopic (exact) mass is 314 g/mol. The first-order valence-corrected chi connectivity index (χ1v) is 7.01. The van der Waals surface area contributed by atoms with E-state index in [4.69, 9.17) is 9.47 Å². The van der Waals surface area contributed by atoms with Crippen LogP contribution in [0.25, 0.3) is 10.8 Å². The quantitative estimate of drug-likeness (QED) is 0.370. The second kappa shape index (κ2) is 6.52. The van der Waals surface area contributed by atoms with Crippen LogP contribution in [0.2, 0.25) is 0 Å². The minimum atomic E-state index is -0.807. The molecule has 0 saturated heterocycles. The summed E-state index contributed by atoms with van der Waals surface area (Å²) in [7, 11) is 1.24. The Morgan fingerprint density at radius 1 is 1.04 bits per heavy atom. The summed E-state index contributed by atoms with van der Waals surface area (Å²) >= 11 is 0. The highest BCUT2D eigenvalue weighted by Gasteiger charge is 2.17. The van der Waals surface area contributed by atoms with Crippen LogP contribution in [-0.2, 0) is 9.53 Å². The number of benzene rings is 2. The fourth-order valence-electron chi connectivity index (χ4n) is 2.14. The van der Waals surface area contributed by atoms with Crippen LogP contribution in [0.3, 0.4) is 0 Å². The Bertz CT molecular complexity index is 805. The van der Waals surface area contributed by atoms with Gasteiger partial charge in [-0.15, -0.1) is 0 Å². The average Bonchev–Trinajstić information content (AvgIpc) is 2.50. The number of carbonyl (C=O) groups excluding carboxylic acids is 2. The van der Waals surface area contributed by atoms with Gasteiger partial charge in [0.05, 0.1) is 7.11 Å². The zero-order valence-electron chi connectivity index (χ0n) is 13.6.